The number of nitrogens with zero attached hydrogens (tertiary/aromatic N) is 1. The normalized spacial score (nSPS) is 10.1. The molecule has 0 aliphatic carbocycles. The van der Waals surface area contributed by atoms with E-state index in [9.17, 15) is 9.59 Å². The minimum absolute atomic E-state index is 0.295. The van der Waals surface area contributed by atoms with Crippen LogP contribution in [0.25, 0.3) is 0 Å². The maximum atomic E-state index is 12.1. The van der Waals surface area contributed by atoms with Gasteiger partial charge in [0.1, 0.15) is 10.6 Å². The molecule has 1 aromatic heterocycles. The average molecular weight is 292 g/mol. The zero-order chi connectivity index (χ0) is 14.5. The number of carbonyl (C=O) groups excluding carboxylic acids is 1. The summed E-state index contributed by atoms with van der Waals surface area (Å²) in [4.78, 5) is 27.1. The summed E-state index contributed by atoms with van der Waals surface area (Å²) < 4.78 is 5.12. The van der Waals surface area contributed by atoms with Gasteiger partial charge in [0.2, 0.25) is 0 Å². The molecule has 1 heterocycles. The van der Waals surface area contributed by atoms with Crippen LogP contribution in [0.15, 0.2) is 29.8 Å². The zero-order valence-electron chi connectivity index (χ0n) is 10.6. The molecule has 2 N–H and O–H groups in total. The number of hydrogen-bond donors (Lipinski definition) is 2. The van der Waals surface area contributed by atoms with Crippen LogP contribution in [-0.4, -0.2) is 28.6 Å². The fourth-order valence-electron chi connectivity index (χ4n) is 1.53. The predicted octanol–water partition coefficient (Wildman–Crippen LogP) is 2.17. The Labute approximate surface area is 119 Å². The summed E-state index contributed by atoms with van der Waals surface area (Å²) in [5, 5.41) is 11.3. The van der Waals surface area contributed by atoms with Crippen molar-refractivity contribution in [2.45, 2.75) is 6.92 Å². The Morgan fingerprint density at radius 1 is 1.40 bits per heavy atom. The topological polar surface area (TPSA) is 88.5 Å². The van der Waals surface area contributed by atoms with Crippen LogP contribution in [-0.2, 0) is 4.79 Å². The maximum Gasteiger partial charge on any atom is 0.341 e. The van der Waals surface area contributed by atoms with Crippen molar-refractivity contribution in [1.29, 1.82) is 0 Å². The van der Waals surface area contributed by atoms with Gasteiger partial charge in [-0.25, -0.2) is 9.78 Å². The first-order valence-corrected chi connectivity index (χ1v) is 6.61. The van der Waals surface area contributed by atoms with E-state index in [2.05, 4.69) is 10.3 Å². The highest BCUT2D eigenvalue weighted by Crippen LogP contribution is 2.25. The highest BCUT2D eigenvalue weighted by molar-refractivity contribution is 7.12. The van der Waals surface area contributed by atoms with Gasteiger partial charge in [0, 0.05) is 0 Å². The van der Waals surface area contributed by atoms with E-state index in [0.29, 0.717) is 22.0 Å². The quantitative estimate of drug-likeness (QED) is 0.881. The smallest absolute Gasteiger partial charge is 0.341 e. The van der Waals surface area contributed by atoms with Crippen molar-refractivity contribution in [1.82, 2.24) is 4.98 Å². The van der Waals surface area contributed by atoms with Gasteiger partial charge in [0.15, 0.2) is 6.61 Å². The lowest BCUT2D eigenvalue weighted by Crippen LogP contribution is -2.14. The Morgan fingerprint density at radius 2 is 2.15 bits per heavy atom. The van der Waals surface area contributed by atoms with Gasteiger partial charge < -0.3 is 15.2 Å². The second-order valence-corrected chi connectivity index (χ2v) is 4.75. The van der Waals surface area contributed by atoms with E-state index in [4.69, 9.17) is 9.84 Å². The fraction of sp³-hybridized carbons (Fsp3) is 0.154. The second-order valence-electron chi connectivity index (χ2n) is 3.90. The molecular formula is C13H12N2O4S. The lowest BCUT2D eigenvalue weighted by molar-refractivity contribution is -0.139. The van der Waals surface area contributed by atoms with E-state index >= 15 is 0 Å². The van der Waals surface area contributed by atoms with E-state index in [0.717, 1.165) is 0 Å². The van der Waals surface area contributed by atoms with Crippen LogP contribution in [0.5, 0.6) is 5.75 Å². The predicted molar refractivity (Wildman–Crippen MR) is 74.4 cm³/mol. The summed E-state index contributed by atoms with van der Waals surface area (Å²) >= 11 is 1.24. The van der Waals surface area contributed by atoms with Crippen LogP contribution in [0, 0.1) is 6.92 Å². The number of carboxylic acids is 1. The van der Waals surface area contributed by atoms with Gasteiger partial charge >= 0.3 is 5.97 Å². The molecule has 7 heteroatoms. The van der Waals surface area contributed by atoms with Crippen molar-refractivity contribution >= 4 is 28.9 Å². The molecule has 0 aliphatic rings. The molecule has 0 radical (unpaired) electrons. The van der Waals surface area contributed by atoms with Gasteiger partial charge in [-0.2, -0.15) is 0 Å². The molecular weight excluding hydrogens is 280 g/mol. The number of hydrogen-bond acceptors (Lipinski definition) is 5. The molecule has 1 aromatic carbocycles. The molecule has 2 aromatic rings. The number of ether oxygens (including phenoxy) is 1. The lowest BCUT2D eigenvalue weighted by Gasteiger charge is -2.10. The standard InChI is InChI=1S/C13H12N2O4S/c1-8-12(20-7-14-8)13(18)15-9-4-2-3-5-10(9)19-6-11(16)17/h2-5,7H,6H2,1H3,(H,15,18)(H,16,17). The molecule has 0 fully saturated rings. The van der Waals surface area contributed by atoms with Crippen LogP contribution in [0.3, 0.4) is 0 Å². The summed E-state index contributed by atoms with van der Waals surface area (Å²) in [7, 11) is 0. The molecule has 0 atom stereocenters. The molecule has 0 bridgehead atoms. The summed E-state index contributed by atoms with van der Waals surface area (Å²) in [6.45, 7) is 1.28. The van der Waals surface area contributed by atoms with Crippen molar-refractivity contribution in [3.8, 4) is 5.75 Å². The van der Waals surface area contributed by atoms with Gasteiger partial charge in [0.25, 0.3) is 5.91 Å². The first-order valence-electron chi connectivity index (χ1n) is 5.73. The van der Waals surface area contributed by atoms with Crippen LogP contribution >= 0.6 is 11.3 Å². The van der Waals surface area contributed by atoms with Gasteiger partial charge in [-0.1, -0.05) is 12.1 Å². The van der Waals surface area contributed by atoms with Gasteiger partial charge in [-0.15, -0.1) is 11.3 Å². The van der Waals surface area contributed by atoms with Crippen LogP contribution in [0.2, 0.25) is 0 Å². The van der Waals surface area contributed by atoms with E-state index in [1.807, 2.05) is 0 Å². The van der Waals surface area contributed by atoms with E-state index < -0.39 is 12.6 Å². The number of rotatable bonds is 5. The Kier molecular flexibility index (Phi) is 4.31. The first-order chi connectivity index (χ1) is 9.58. The molecule has 6 nitrogen and oxygen atoms in total. The highest BCUT2D eigenvalue weighted by atomic mass is 32.1. The molecule has 0 aliphatic heterocycles. The van der Waals surface area contributed by atoms with Crippen LogP contribution in [0.4, 0.5) is 5.69 Å². The minimum atomic E-state index is -1.08. The molecule has 0 saturated carbocycles. The average Bonchev–Trinajstić information content (AvgIpc) is 2.84. The monoisotopic (exact) mass is 292 g/mol. The lowest BCUT2D eigenvalue weighted by atomic mass is 10.2. The number of nitrogens with one attached hydrogen (secondary N) is 1. The number of carboxylic acid groups (broad SMARTS) is 1. The molecule has 104 valence electrons. The van der Waals surface area contributed by atoms with Gasteiger partial charge in [-0.05, 0) is 19.1 Å². The van der Waals surface area contributed by atoms with Crippen LogP contribution < -0.4 is 10.1 Å². The number of aryl methyl sites for hydroxylation is 1. The largest absolute Gasteiger partial charge is 0.480 e. The second kappa shape index (κ2) is 6.16. The Balaban J connectivity index is 2.15. The molecule has 0 saturated heterocycles. The third-order valence-electron chi connectivity index (χ3n) is 2.44. The molecule has 20 heavy (non-hydrogen) atoms. The van der Waals surface area contributed by atoms with Crippen molar-refractivity contribution in [3.05, 3.63) is 40.3 Å². The van der Waals surface area contributed by atoms with Crippen molar-refractivity contribution in [2.24, 2.45) is 0 Å². The molecule has 1 amide bonds. The Morgan fingerprint density at radius 3 is 2.80 bits per heavy atom. The van der Waals surface area contributed by atoms with Gasteiger partial charge in [0.05, 0.1) is 16.9 Å². The molecule has 0 spiro atoms. The number of amides is 1. The highest BCUT2D eigenvalue weighted by Gasteiger charge is 2.14. The van der Waals surface area contributed by atoms with Crippen molar-refractivity contribution in [3.63, 3.8) is 0 Å². The van der Waals surface area contributed by atoms with Gasteiger partial charge in [-0.3, -0.25) is 4.79 Å². The summed E-state index contributed by atoms with van der Waals surface area (Å²) in [6.07, 6.45) is 0. The number of aliphatic carboxylic acids is 1. The number of benzene rings is 1. The zero-order valence-corrected chi connectivity index (χ0v) is 11.4. The van der Waals surface area contributed by atoms with E-state index in [1.54, 1.807) is 36.7 Å². The number of anilines is 1. The van der Waals surface area contributed by atoms with E-state index in [-0.39, 0.29) is 5.91 Å². The molecule has 0 unspecified atom stereocenters. The first kappa shape index (κ1) is 14.0. The fourth-order valence-corrected chi connectivity index (χ4v) is 2.23. The number of aromatic nitrogens is 1. The Bertz CT molecular complexity index is 639. The summed E-state index contributed by atoms with van der Waals surface area (Å²) in [5.74, 6) is -1.06. The third kappa shape index (κ3) is 3.33. The third-order valence-corrected chi connectivity index (χ3v) is 3.37. The van der Waals surface area contributed by atoms with Crippen molar-refractivity contribution < 1.29 is 19.4 Å². The van der Waals surface area contributed by atoms with Crippen LogP contribution in [0.1, 0.15) is 15.4 Å². The minimum Gasteiger partial charge on any atom is -0.480 e. The summed E-state index contributed by atoms with van der Waals surface area (Å²) in [6, 6.07) is 6.66. The Hall–Kier alpha value is -2.41. The SMILES string of the molecule is Cc1ncsc1C(=O)Nc1ccccc1OCC(=O)O. The number of thiazole rings is 1. The van der Waals surface area contributed by atoms with Crippen molar-refractivity contribution in [2.75, 3.05) is 11.9 Å². The number of para-hydroxylation sites is 2. The van der Waals surface area contributed by atoms with E-state index in [1.165, 1.54) is 11.3 Å². The number of carbonyl (C=O) groups is 2. The molecule has 2 rings (SSSR count). The summed E-state index contributed by atoms with van der Waals surface area (Å²) in [5.41, 5.74) is 2.67. The maximum absolute atomic E-state index is 12.1.